The van der Waals surface area contributed by atoms with Crippen molar-refractivity contribution in [2.45, 2.75) is 0 Å². The van der Waals surface area contributed by atoms with Crippen LogP contribution in [0.4, 0.5) is 5.69 Å². The summed E-state index contributed by atoms with van der Waals surface area (Å²) in [6, 6.07) is 12.4. The van der Waals surface area contributed by atoms with Crippen LogP contribution < -0.4 is 16.0 Å². The number of fused-ring (bicyclic) bond motifs is 2. The SMILES string of the molecule is CNCCNCCNc1cccc2c1C(=O)c1ccccc1C2=O. The predicted molar refractivity (Wildman–Crippen MR) is 95.0 cm³/mol. The molecule has 2 aromatic rings. The summed E-state index contributed by atoms with van der Waals surface area (Å²) in [5.41, 5.74) is 2.65. The van der Waals surface area contributed by atoms with E-state index >= 15 is 0 Å². The van der Waals surface area contributed by atoms with Gasteiger partial charge in [0, 0.05) is 48.6 Å². The Hall–Kier alpha value is -2.50. The lowest BCUT2D eigenvalue weighted by molar-refractivity contribution is 0.0979. The fourth-order valence-electron chi connectivity index (χ4n) is 2.92. The molecule has 0 unspecified atom stereocenters. The van der Waals surface area contributed by atoms with E-state index in [4.69, 9.17) is 0 Å². The maximum absolute atomic E-state index is 12.8. The van der Waals surface area contributed by atoms with Gasteiger partial charge in [-0.2, -0.15) is 0 Å². The van der Waals surface area contributed by atoms with Gasteiger partial charge in [0.15, 0.2) is 11.6 Å². The molecule has 0 bridgehead atoms. The lowest BCUT2D eigenvalue weighted by atomic mass is 9.83. The molecule has 1 aliphatic carbocycles. The third-order valence-electron chi connectivity index (χ3n) is 4.12. The summed E-state index contributed by atoms with van der Waals surface area (Å²) in [4.78, 5) is 25.5. The summed E-state index contributed by atoms with van der Waals surface area (Å²) in [7, 11) is 1.91. The number of benzene rings is 2. The maximum Gasteiger partial charge on any atom is 0.196 e. The molecule has 0 saturated heterocycles. The zero-order chi connectivity index (χ0) is 16.9. The van der Waals surface area contributed by atoms with Gasteiger partial charge in [-0.25, -0.2) is 0 Å². The Morgan fingerprint density at radius 1 is 0.750 bits per heavy atom. The Bertz CT molecular complexity index is 771. The van der Waals surface area contributed by atoms with Crippen molar-refractivity contribution in [1.82, 2.24) is 10.6 Å². The second-order valence-electron chi connectivity index (χ2n) is 5.71. The molecular weight excluding hydrogens is 302 g/mol. The van der Waals surface area contributed by atoms with Gasteiger partial charge >= 0.3 is 0 Å². The third-order valence-corrected chi connectivity index (χ3v) is 4.12. The zero-order valence-electron chi connectivity index (χ0n) is 13.7. The van der Waals surface area contributed by atoms with Crippen LogP contribution in [-0.2, 0) is 0 Å². The van der Waals surface area contributed by atoms with Crippen molar-refractivity contribution in [3.05, 3.63) is 64.7 Å². The molecule has 3 rings (SSSR count). The molecule has 0 atom stereocenters. The van der Waals surface area contributed by atoms with Gasteiger partial charge < -0.3 is 16.0 Å². The first-order valence-corrected chi connectivity index (χ1v) is 8.14. The smallest absolute Gasteiger partial charge is 0.196 e. The topological polar surface area (TPSA) is 70.2 Å². The average molecular weight is 323 g/mol. The third kappa shape index (κ3) is 3.09. The fraction of sp³-hybridized carbons (Fsp3) is 0.263. The summed E-state index contributed by atoms with van der Waals surface area (Å²) in [6.07, 6.45) is 0. The summed E-state index contributed by atoms with van der Waals surface area (Å²) in [5, 5.41) is 9.64. The van der Waals surface area contributed by atoms with Gasteiger partial charge in [-0.05, 0) is 13.1 Å². The highest BCUT2D eigenvalue weighted by molar-refractivity contribution is 6.30. The van der Waals surface area contributed by atoms with E-state index in [-0.39, 0.29) is 11.6 Å². The van der Waals surface area contributed by atoms with Crippen molar-refractivity contribution in [2.75, 3.05) is 38.5 Å². The van der Waals surface area contributed by atoms with Crippen molar-refractivity contribution < 1.29 is 9.59 Å². The van der Waals surface area contributed by atoms with Crippen LogP contribution in [0.2, 0.25) is 0 Å². The summed E-state index contributed by atoms with van der Waals surface area (Å²) >= 11 is 0. The molecule has 24 heavy (non-hydrogen) atoms. The number of likely N-dealkylation sites (N-methyl/N-ethyl adjacent to an activating group) is 1. The Morgan fingerprint density at radius 3 is 2.17 bits per heavy atom. The summed E-state index contributed by atoms with van der Waals surface area (Å²) < 4.78 is 0. The van der Waals surface area contributed by atoms with E-state index in [0.717, 1.165) is 25.3 Å². The second kappa shape index (κ2) is 7.38. The van der Waals surface area contributed by atoms with Gasteiger partial charge in [0.05, 0.1) is 5.56 Å². The van der Waals surface area contributed by atoms with Crippen LogP contribution in [0.3, 0.4) is 0 Å². The van der Waals surface area contributed by atoms with Crippen LogP contribution >= 0.6 is 0 Å². The maximum atomic E-state index is 12.8. The minimum absolute atomic E-state index is 0.0870. The number of rotatable bonds is 7. The van der Waals surface area contributed by atoms with E-state index in [1.54, 1.807) is 30.3 Å². The van der Waals surface area contributed by atoms with Crippen LogP contribution in [0.25, 0.3) is 0 Å². The zero-order valence-corrected chi connectivity index (χ0v) is 13.7. The van der Waals surface area contributed by atoms with Crippen LogP contribution in [0, 0.1) is 0 Å². The van der Waals surface area contributed by atoms with Gasteiger partial charge in [-0.15, -0.1) is 0 Å². The van der Waals surface area contributed by atoms with Crippen molar-refractivity contribution in [3.8, 4) is 0 Å². The van der Waals surface area contributed by atoms with Gasteiger partial charge in [0.2, 0.25) is 0 Å². The molecule has 5 nitrogen and oxygen atoms in total. The van der Waals surface area contributed by atoms with E-state index in [2.05, 4.69) is 16.0 Å². The molecule has 124 valence electrons. The number of hydrogen-bond donors (Lipinski definition) is 3. The molecule has 0 amide bonds. The monoisotopic (exact) mass is 323 g/mol. The minimum atomic E-state index is -0.0913. The highest BCUT2D eigenvalue weighted by Gasteiger charge is 2.31. The molecular formula is C19H21N3O2. The number of anilines is 1. The molecule has 0 spiro atoms. The van der Waals surface area contributed by atoms with Crippen LogP contribution in [0.5, 0.6) is 0 Å². The molecule has 0 radical (unpaired) electrons. The van der Waals surface area contributed by atoms with Crippen molar-refractivity contribution in [2.24, 2.45) is 0 Å². The Morgan fingerprint density at radius 2 is 1.42 bits per heavy atom. The molecule has 0 heterocycles. The second-order valence-corrected chi connectivity index (χ2v) is 5.71. The Labute approximate surface area is 141 Å². The first-order valence-electron chi connectivity index (χ1n) is 8.14. The van der Waals surface area contributed by atoms with E-state index in [9.17, 15) is 9.59 Å². The van der Waals surface area contributed by atoms with E-state index < -0.39 is 0 Å². The van der Waals surface area contributed by atoms with Crippen molar-refractivity contribution >= 4 is 17.3 Å². The van der Waals surface area contributed by atoms with Crippen LogP contribution in [0.1, 0.15) is 31.8 Å². The number of carbonyl (C=O) groups excluding carboxylic acids is 2. The van der Waals surface area contributed by atoms with Crippen molar-refractivity contribution in [1.29, 1.82) is 0 Å². The first-order chi connectivity index (χ1) is 11.7. The number of hydrogen-bond acceptors (Lipinski definition) is 5. The molecule has 5 heteroatoms. The number of carbonyl (C=O) groups is 2. The quantitative estimate of drug-likeness (QED) is 0.577. The molecule has 3 N–H and O–H groups in total. The van der Waals surface area contributed by atoms with Gasteiger partial charge in [0.25, 0.3) is 0 Å². The molecule has 0 fully saturated rings. The number of ketones is 2. The largest absolute Gasteiger partial charge is 0.383 e. The van der Waals surface area contributed by atoms with Crippen LogP contribution in [0.15, 0.2) is 42.5 Å². The Kier molecular flexibility index (Phi) is 5.03. The van der Waals surface area contributed by atoms with Gasteiger partial charge in [0.1, 0.15) is 0 Å². The van der Waals surface area contributed by atoms with Crippen LogP contribution in [-0.4, -0.2) is 44.8 Å². The average Bonchev–Trinajstić information content (AvgIpc) is 2.62. The standard InChI is InChI=1S/C19H21N3O2/c1-20-9-10-21-11-12-22-16-8-4-7-15-17(16)19(24)14-6-3-2-5-13(14)18(15)23/h2-8,20-22H,9-12H2,1H3. The van der Waals surface area contributed by atoms with Gasteiger partial charge in [-0.3, -0.25) is 9.59 Å². The van der Waals surface area contributed by atoms with E-state index in [1.165, 1.54) is 0 Å². The first kappa shape index (κ1) is 16.4. The lowest BCUT2D eigenvalue weighted by Crippen LogP contribution is -2.29. The Balaban J connectivity index is 1.80. The predicted octanol–water partition coefficient (Wildman–Crippen LogP) is 1.68. The number of nitrogens with one attached hydrogen (secondary N) is 3. The minimum Gasteiger partial charge on any atom is -0.383 e. The highest BCUT2D eigenvalue weighted by atomic mass is 16.1. The lowest BCUT2D eigenvalue weighted by Gasteiger charge is -2.20. The fourth-order valence-corrected chi connectivity index (χ4v) is 2.92. The van der Waals surface area contributed by atoms with E-state index in [1.807, 2.05) is 19.2 Å². The molecule has 2 aromatic carbocycles. The summed E-state index contributed by atoms with van der Waals surface area (Å²) in [6.45, 7) is 3.26. The molecule has 0 aliphatic heterocycles. The molecule has 0 saturated carbocycles. The summed E-state index contributed by atoms with van der Waals surface area (Å²) in [5.74, 6) is -0.178. The van der Waals surface area contributed by atoms with Gasteiger partial charge in [-0.1, -0.05) is 36.4 Å². The van der Waals surface area contributed by atoms with Crippen molar-refractivity contribution in [3.63, 3.8) is 0 Å². The van der Waals surface area contributed by atoms with E-state index in [0.29, 0.717) is 28.8 Å². The highest BCUT2D eigenvalue weighted by Crippen LogP contribution is 2.31. The molecule has 1 aliphatic rings. The normalized spacial score (nSPS) is 12.7. The molecule has 0 aromatic heterocycles.